The van der Waals surface area contributed by atoms with Gasteiger partial charge in [-0.3, -0.25) is 14.3 Å². The van der Waals surface area contributed by atoms with E-state index in [4.69, 9.17) is 14.2 Å². The van der Waals surface area contributed by atoms with Crippen LogP contribution in [0.1, 0.15) is 12.6 Å². The van der Waals surface area contributed by atoms with Crippen LogP contribution in [0.5, 0.6) is 0 Å². The molecule has 0 radical (unpaired) electrons. The molecule has 2 rings (SSSR count). The zero-order chi connectivity index (χ0) is 14.5. The molecule has 1 saturated heterocycles. The zero-order valence-corrected chi connectivity index (χ0v) is 11.2. The van der Waals surface area contributed by atoms with Gasteiger partial charge in [0.25, 0.3) is 5.56 Å². The van der Waals surface area contributed by atoms with E-state index in [-0.39, 0.29) is 12.7 Å². The van der Waals surface area contributed by atoms with Crippen molar-refractivity contribution in [3.63, 3.8) is 0 Å². The molecule has 0 aromatic carbocycles. The molecule has 0 unspecified atom stereocenters. The maximum absolute atomic E-state index is 11.8. The molecule has 0 amide bonds. The topological polar surface area (TPSA) is 103 Å². The number of aromatic amines is 1. The molecule has 1 aliphatic heterocycles. The van der Waals surface area contributed by atoms with E-state index in [1.165, 1.54) is 16.8 Å². The van der Waals surface area contributed by atoms with Crippen LogP contribution < -0.4 is 11.2 Å². The summed E-state index contributed by atoms with van der Waals surface area (Å²) in [5, 5.41) is 9.18. The maximum atomic E-state index is 11.8. The Labute approximate surface area is 114 Å². The van der Waals surface area contributed by atoms with Gasteiger partial charge >= 0.3 is 5.69 Å². The average molecular weight is 286 g/mol. The van der Waals surface area contributed by atoms with E-state index in [2.05, 4.69) is 4.98 Å². The molecule has 0 aliphatic carbocycles. The van der Waals surface area contributed by atoms with Gasteiger partial charge in [0.1, 0.15) is 6.10 Å². The second-order valence-corrected chi connectivity index (χ2v) is 4.49. The van der Waals surface area contributed by atoms with Crippen molar-refractivity contribution in [2.75, 3.05) is 26.9 Å². The third kappa shape index (κ3) is 3.34. The number of methoxy groups -OCH3 is 1. The van der Waals surface area contributed by atoms with E-state index in [9.17, 15) is 14.7 Å². The number of aliphatic hydroxyl groups is 1. The van der Waals surface area contributed by atoms with E-state index in [1.54, 1.807) is 7.11 Å². The first-order chi connectivity index (χ1) is 9.65. The van der Waals surface area contributed by atoms with E-state index in [0.29, 0.717) is 19.6 Å². The first-order valence-corrected chi connectivity index (χ1v) is 6.34. The lowest BCUT2D eigenvalue weighted by molar-refractivity contribution is -0.0786. The lowest BCUT2D eigenvalue weighted by Crippen LogP contribution is -2.36. The third-order valence-corrected chi connectivity index (χ3v) is 3.09. The number of hydrogen-bond acceptors (Lipinski definition) is 6. The second kappa shape index (κ2) is 6.80. The normalized spacial score (nSPS) is 26.0. The molecule has 1 fully saturated rings. The smallest absolute Gasteiger partial charge is 0.330 e. The van der Waals surface area contributed by atoms with Crippen LogP contribution in [-0.2, 0) is 14.2 Å². The van der Waals surface area contributed by atoms with Gasteiger partial charge in [-0.05, 0) is 0 Å². The van der Waals surface area contributed by atoms with Gasteiger partial charge in [0.15, 0.2) is 6.23 Å². The molecule has 1 aromatic rings. The maximum Gasteiger partial charge on any atom is 0.330 e. The molecule has 112 valence electrons. The number of rotatable bonds is 6. The van der Waals surface area contributed by atoms with Gasteiger partial charge in [0, 0.05) is 25.8 Å². The summed E-state index contributed by atoms with van der Waals surface area (Å²) in [6, 6.07) is 1.24. The Bertz CT molecular complexity index is 539. The van der Waals surface area contributed by atoms with Crippen molar-refractivity contribution in [1.29, 1.82) is 0 Å². The fourth-order valence-corrected chi connectivity index (χ4v) is 2.14. The van der Waals surface area contributed by atoms with Gasteiger partial charge in [-0.1, -0.05) is 0 Å². The quantitative estimate of drug-likeness (QED) is 0.640. The number of ether oxygens (including phenoxy) is 3. The highest BCUT2D eigenvalue weighted by atomic mass is 16.6. The molecule has 0 bridgehead atoms. The highest BCUT2D eigenvalue weighted by molar-refractivity contribution is 4.89. The number of nitrogens with one attached hydrogen (secondary N) is 1. The van der Waals surface area contributed by atoms with E-state index >= 15 is 0 Å². The Morgan fingerprint density at radius 3 is 2.95 bits per heavy atom. The fraction of sp³-hybridized carbons (Fsp3) is 0.667. The van der Waals surface area contributed by atoms with Gasteiger partial charge in [-0.25, -0.2) is 4.79 Å². The third-order valence-electron chi connectivity index (χ3n) is 3.09. The Morgan fingerprint density at radius 1 is 1.50 bits per heavy atom. The van der Waals surface area contributed by atoms with E-state index in [1.807, 2.05) is 0 Å². The summed E-state index contributed by atoms with van der Waals surface area (Å²) in [7, 11) is 1.56. The van der Waals surface area contributed by atoms with E-state index < -0.39 is 23.6 Å². The first-order valence-electron chi connectivity index (χ1n) is 6.34. The Hall–Kier alpha value is -1.48. The molecule has 8 nitrogen and oxygen atoms in total. The number of H-pyrrole nitrogens is 1. The van der Waals surface area contributed by atoms with Crippen LogP contribution in [-0.4, -0.2) is 53.8 Å². The van der Waals surface area contributed by atoms with Crippen molar-refractivity contribution in [1.82, 2.24) is 9.55 Å². The van der Waals surface area contributed by atoms with Crippen molar-refractivity contribution < 1.29 is 19.3 Å². The van der Waals surface area contributed by atoms with Crippen molar-refractivity contribution in [2.45, 2.75) is 24.9 Å². The predicted molar refractivity (Wildman–Crippen MR) is 68.6 cm³/mol. The molecular weight excluding hydrogens is 268 g/mol. The minimum Gasteiger partial charge on any atom is -0.394 e. The SMILES string of the molecule is COCCO[C@@H]1C[C@@H](CO)O[C@H]1n1ccc(=O)[nH]c1=O. The monoisotopic (exact) mass is 286 g/mol. The lowest BCUT2D eigenvalue weighted by Gasteiger charge is -2.20. The predicted octanol–water partition coefficient (Wildman–Crippen LogP) is -1.15. The molecule has 0 saturated carbocycles. The van der Waals surface area contributed by atoms with Gasteiger partial charge in [-0.15, -0.1) is 0 Å². The van der Waals surface area contributed by atoms with Crippen LogP contribution in [0.25, 0.3) is 0 Å². The minimum atomic E-state index is -0.673. The van der Waals surface area contributed by atoms with Crippen molar-refractivity contribution in [2.24, 2.45) is 0 Å². The van der Waals surface area contributed by atoms with Crippen LogP contribution in [0.2, 0.25) is 0 Å². The van der Waals surface area contributed by atoms with Gasteiger partial charge in [-0.2, -0.15) is 0 Å². The number of aliphatic hydroxyl groups excluding tert-OH is 1. The molecular formula is C12H18N2O6. The van der Waals surface area contributed by atoms with Gasteiger partial charge in [0.2, 0.25) is 0 Å². The zero-order valence-electron chi connectivity index (χ0n) is 11.2. The Balaban J connectivity index is 2.17. The second-order valence-electron chi connectivity index (χ2n) is 4.49. The summed E-state index contributed by atoms with van der Waals surface area (Å²) in [6.45, 7) is 0.629. The standard InChI is InChI=1S/C12H18N2O6/c1-18-4-5-19-9-6-8(7-15)20-11(9)14-3-2-10(16)13-12(14)17/h2-3,8-9,11,15H,4-7H2,1H3,(H,13,16,17)/t8-,9+,11+/m0/s1. The highest BCUT2D eigenvalue weighted by Gasteiger charge is 2.37. The molecule has 1 aromatic heterocycles. The van der Waals surface area contributed by atoms with E-state index in [0.717, 1.165) is 0 Å². The molecule has 2 N–H and O–H groups in total. The summed E-state index contributed by atoms with van der Waals surface area (Å²) in [4.78, 5) is 25.0. The number of aromatic nitrogens is 2. The molecule has 3 atom stereocenters. The van der Waals surface area contributed by atoms with Crippen LogP contribution in [0, 0.1) is 0 Å². The largest absolute Gasteiger partial charge is 0.394 e. The molecule has 8 heteroatoms. The average Bonchev–Trinajstić information content (AvgIpc) is 2.82. The molecule has 0 spiro atoms. The Morgan fingerprint density at radius 2 is 2.30 bits per heavy atom. The summed E-state index contributed by atoms with van der Waals surface area (Å²) in [5.41, 5.74) is -1.04. The van der Waals surface area contributed by atoms with Crippen LogP contribution >= 0.6 is 0 Å². The summed E-state index contributed by atoms with van der Waals surface area (Å²) < 4.78 is 17.4. The van der Waals surface area contributed by atoms with Gasteiger partial charge < -0.3 is 19.3 Å². The minimum absolute atomic E-state index is 0.154. The van der Waals surface area contributed by atoms with Crippen molar-refractivity contribution in [3.05, 3.63) is 33.1 Å². The lowest BCUT2D eigenvalue weighted by atomic mass is 10.2. The Kier molecular flexibility index (Phi) is 5.07. The van der Waals surface area contributed by atoms with Gasteiger partial charge in [0.05, 0.1) is 25.9 Å². The number of hydrogen-bond donors (Lipinski definition) is 2. The van der Waals surface area contributed by atoms with Crippen LogP contribution in [0.15, 0.2) is 21.9 Å². The summed E-state index contributed by atoms with van der Waals surface area (Å²) >= 11 is 0. The van der Waals surface area contributed by atoms with Crippen molar-refractivity contribution in [3.8, 4) is 0 Å². The number of nitrogens with zero attached hydrogens (tertiary/aromatic N) is 1. The summed E-state index contributed by atoms with van der Waals surface area (Å²) in [6.07, 6.45) is 0.375. The highest BCUT2D eigenvalue weighted by Crippen LogP contribution is 2.29. The van der Waals surface area contributed by atoms with Crippen LogP contribution in [0.4, 0.5) is 0 Å². The molecule has 20 heavy (non-hydrogen) atoms. The van der Waals surface area contributed by atoms with Crippen LogP contribution in [0.3, 0.4) is 0 Å². The first kappa shape index (κ1) is 14.9. The molecule has 2 heterocycles. The fourth-order valence-electron chi connectivity index (χ4n) is 2.14. The molecule has 1 aliphatic rings. The summed E-state index contributed by atoms with van der Waals surface area (Å²) in [5.74, 6) is 0. The van der Waals surface area contributed by atoms with Crippen molar-refractivity contribution >= 4 is 0 Å².